The zero-order valence-corrected chi connectivity index (χ0v) is 10.1. The second kappa shape index (κ2) is 4.49. The molecule has 2 rings (SSSR count). The van der Waals surface area contributed by atoms with Crippen molar-refractivity contribution in [3.05, 3.63) is 58.6 Å². The van der Waals surface area contributed by atoms with Gasteiger partial charge in [0, 0.05) is 15.8 Å². The van der Waals surface area contributed by atoms with Gasteiger partial charge in [-0.2, -0.15) is 0 Å². The van der Waals surface area contributed by atoms with Crippen LogP contribution in [0.25, 0.3) is 0 Å². The lowest BCUT2D eigenvalue weighted by atomic mass is 10.2. The fourth-order valence-electron chi connectivity index (χ4n) is 1.37. The first-order chi connectivity index (χ1) is 7.24. The van der Waals surface area contributed by atoms with Crippen molar-refractivity contribution >= 4 is 27.3 Å². The molecule has 0 aliphatic carbocycles. The molecule has 0 spiro atoms. The molecule has 76 valence electrons. The Morgan fingerprint density at radius 2 is 1.67 bits per heavy atom. The van der Waals surface area contributed by atoms with Crippen LogP contribution in [-0.2, 0) is 0 Å². The highest BCUT2D eigenvalue weighted by molar-refractivity contribution is 9.10. The van der Waals surface area contributed by atoms with Crippen molar-refractivity contribution in [3.63, 3.8) is 0 Å². The van der Waals surface area contributed by atoms with Crippen LogP contribution in [0.3, 0.4) is 0 Å². The molecule has 1 N–H and O–H groups in total. The van der Waals surface area contributed by atoms with Crippen molar-refractivity contribution in [2.75, 3.05) is 5.32 Å². The number of hydrogen-bond donors (Lipinski definition) is 1. The maximum absolute atomic E-state index is 3.45. The molecular weight excluding hydrogens is 250 g/mol. The summed E-state index contributed by atoms with van der Waals surface area (Å²) in [6.45, 7) is 2.09. The third kappa shape index (κ3) is 2.83. The van der Waals surface area contributed by atoms with Crippen LogP contribution in [0, 0.1) is 6.92 Å². The second-order valence-corrected chi connectivity index (χ2v) is 4.42. The third-order valence-electron chi connectivity index (χ3n) is 2.16. The molecule has 2 aromatic carbocycles. The van der Waals surface area contributed by atoms with Gasteiger partial charge >= 0.3 is 0 Å². The molecule has 0 bridgehead atoms. The maximum atomic E-state index is 3.45. The SMILES string of the molecule is Cc1ccc(Nc2cccc(Br)c2)cc1. The number of halogens is 1. The molecule has 2 aromatic rings. The maximum Gasteiger partial charge on any atom is 0.0395 e. The van der Waals surface area contributed by atoms with Crippen molar-refractivity contribution in [1.82, 2.24) is 0 Å². The molecule has 0 saturated heterocycles. The number of hydrogen-bond acceptors (Lipinski definition) is 1. The lowest BCUT2D eigenvalue weighted by Gasteiger charge is -2.06. The molecule has 0 fully saturated rings. The van der Waals surface area contributed by atoms with Gasteiger partial charge in [-0.1, -0.05) is 39.7 Å². The van der Waals surface area contributed by atoms with E-state index in [0.717, 1.165) is 15.8 Å². The highest BCUT2D eigenvalue weighted by atomic mass is 79.9. The predicted molar refractivity (Wildman–Crippen MR) is 68.6 cm³/mol. The summed E-state index contributed by atoms with van der Waals surface area (Å²) >= 11 is 3.45. The Morgan fingerprint density at radius 3 is 2.33 bits per heavy atom. The quantitative estimate of drug-likeness (QED) is 0.840. The summed E-state index contributed by atoms with van der Waals surface area (Å²) in [6.07, 6.45) is 0. The summed E-state index contributed by atoms with van der Waals surface area (Å²) in [5.74, 6) is 0. The number of rotatable bonds is 2. The third-order valence-corrected chi connectivity index (χ3v) is 2.66. The fraction of sp³-hybridized carbons (Fsp3) is 0.0769. The first-order valence-corrected chi connectivity index (χ1v) is 5.62. The molecule has 2 heteroatoms. The smallest absolute Gasteiger partial charge is 0.0395 e. The molecule has 0 amide bonds. The summed E-state index contributed by atoms with van der Waals surface area (Å²) < 4.78 is 1.08. The normalized spacial score (nSPS) is 10.0. The van der Waals surface area contributed by atoms with Crippen molar-refractivity contribution in [2.24, 2.45) is 0 Å². The molecule has 0 atom stereocenters. The molecule has 0 radical (unpaired) electrons. The Hall–Kier alpha value is -1.28. The molecule has 0 aliphatic heterocycles. The van der Waals surface area contributed by atoms with E-state index in [-0.39, 0.29) is 0 Å². The van der Waals surface area contributed by atoms with Crippen LogP contribution in [0.5, 0.6) is 0 Å². The molecule has 0 unspecified atom stereocenters. The largest absolute Gasteiger partial charge is 0.355 e. The fourth-order valence-corrected chi connectivity index (χ4v) is 1.77. The zero-order chi connectivity index (χ0) is 10.7. The minimum atomic E-state index is 1.08. The minimum absolute atomic E-state index is 1.08. The van der Waals surface area contributed by atoms with Crippen LogP contribution in [0.4, 0.5) is 11.4 Å². The lowest BCUT2D eigenvalue weighted by Crippen LogP contribution is -1.89. The summed E-state index contributed by atoms with van der Waals surface area (Å²) in [6, 6.07) is 16.5. The topological polar surface area (TPSA) is 12.0 Å². The average Bonchev–Trinajstić information content (AvgIpc) is 2.22. The number of benzene rings is 2. The van der Waals surface area contributed by atoms with E-state index in [1.807, 2.05) is 18.2 Å². The van der Waals surface area contributed by atoms with Crippen LogP contribution < -0.4 is 5.32 Å². The van der Waals surface area contributed by atoms with Gasteiger partial charge in [-0.3, -0.25) is 0 Å². The standard InChI is InChI=1S/C13H12BrN/c1-10-5-7-12(8-6-10)15-13-4-2-3-11(14)9-13/h2-9,15H,1H3. The van der Waals surface area contributed by atoms with Crippen LogP contribution in [0.1, 0.15) is 5.56 Å². The van der Waals surface area contributed by atoms with Gasteiger partial charge in [0.25, 0.3) is 0 Å². The number of aryl methyl sites for hydroxylation is 1. The van der Waals surface area contributed by atoms with Crippen molar-refractivity contribution < 1.29 is 0 Å². The van der Waals surface area contributed by atoms with E-state index in [1.54, 1.807) is 0 Å². The molecule has 1 nitrogen and oxygen atoms in total. The number of anilines is 2. The zero-order valence-electron chi connectivity index (χ0n) is 8.50. The van der Waals surface area contributed by atoms with E-state index in [9.17, 15) is 0 Å². The minimum Gasteiger partial charge on any atom is -0.355 e. The highest BCUT2D eigenvalue weighted by Crippen LogP contribution is 2.20. The van der Waals surface area contributed by atoms with E-state index < -0.39 is 0 Å². The van der Waals surface area contributed by atoms with Crippen LogP contribution in [0.2, 0.25) is 0 Å². The Balaban J connectivity index is 2.18. The van der Waals surface area contributed by atoms with Crippen LogP contribution in [-0.4, -0.2) is 0 Å². The Morgan fingerprint density at radius 1 is 0.933 bits per heavy atom. The van der Waals surface area contributed by atoms with Gasteiger partial charge in [-0.05, 0) is 37.3 Å². The highest BCUT2D eigenvalue weighted by Gasteiger charge is 1.94. The van der Waals surface area contributed by atoms with Gasteiger partial charge < -0.3 is 5.32 Å². The van der Waals surface area contributed by atoms with E-state index in [0.29, 0.717) is 0 Å². The van der Waals surface area contributed by atoms with Gasteiger partial charge in [-0.15, -0.1) is 0 Å². The van der Waals surface area contributed by atoms with Crippen LogP contribution in [0.15, 0.2) is 53.0 Å². The summed E-state index contributed by atoms with van der Waals surface area (Å²) in [5.41, 5.74) is 3.47. The van der Waals surface area contributed by atoms with Crippen molar-refractivity contribution in [2.45, 2.75) is 6.92 Å². The molecule has 0 heterocycles. The molecule has 15 heavy (non-hydrogen) atoms. The first-order valence-electron chi connectivity index (χ1n) is 4.83. The Labute approximate surface area is 98.3 Å². The first kappa shape index (κ1) is 10.2. The molecule has 0 aromatic heterocycles. The van der Waals surface area contributed by atoms with E-state index in [2.05, 4.69) is 58.5 Å². The second-order valence-electron chi connectivity index (χ2n) is 3.50. The Bertz CT molecular complexity index is 448. The molecular formula is C13H12BrN. The monoisotopic (exact) mass is 261 g/mol. The van der Waals surface area contributed by atoms with Crippen LogP contribution >= 0.6 is 15.9 Å². The van der Waals surface area contributed by atoms with Gasteiger partial charge in [0.2, 0.25) is 0 Å². The van der Waals surface area contributed by atoms with Gasteiger partial charge in [0.05, 0.1) is 0 Å². The molecule has 0 saturated carbocycles. The lowest BCUT2D eigenvalue weighted by molar-refractivity contribution is 1.45. The predicted octanol–water partition coefficient (Wildman–Crippen LogP) is 4.50. The van der Waals surface area contributed by atoms with Gasteiger partial charge in [0.15, 0.2) is 0 Å². The van der Waals surface area contributed by atoms with Gasteiger partial charge in [0.1, 0.15) is 0 Å². The Kier molecular flexibility index (Phi) is 3.07. The van der Waals surface area contributed by atoms with Gasteiger partial charge in [-0.25, -0.2) is 0 Å². The van der Waals surface area contributed by atoms with Crippen molar-refractivity contribution in [3.8, 4) is 0 Å². The summed E-state index contributed by atoms with van der Waals surface area (Å²) in [7, 11) is 0. The molecule has 0 aliphatic rings. The van der Waals surface area contributed by atoms with E-state index in [4.69, 9.17) is 0 Å². The summed E-state index contributed by atoms with van der Waals surface area (Å²) in [5, 5.41) is 3.34. The average molecular weight is 262 g/mol. The van der Waals surface area contributed by atoms with Crippen molar-refractivity contribution in [1.29, 1.82) is 0 Å². The number of nitrogens with one attached hydrogen (secondary N) is 1. The summed E-state index contributed by atoms with van der Waals surface area (Å²) in [4.78, 5) is 0. The van der Waals surface area contributed by atoms with E-state index in [1.165, 1.54) is 5.56 Å². The van der Waals surface area contributed by atoms with E-state index >= 15 is 0 Å².